The first-order chi connectivity index (χ1) is 7.79. The van der Waals surface area contributed by atoms with E-state index in [1.165, 1.54) is 6.33 Å². The average molecular weight is 327 g/mol. The molecule has 0 atom stereocenters. The summed E-state index contributed by atoms with van der Waals surface area (Å²) in [6, 6.07) is 9.54. The first-order valence-electron chi connectivity index (χ1n) is 4.72. The van der Waals surface area contributed by atoms with Crippen molar-refractivity contribution in [3.63, 3.8) is 0 Å². The Balaban J connectivity index is 2.24. The van der Waals surface area contributed by atoms with Crippen molar-refractivity contribution < 1.29 is 4.74 Å². The predicted molar refractivity (Wildman–Crippen MR) is 70.8 cm³/mol. The van der Waals surface area contributed by atoms with Crippen LogP contribution in [0.4, 0.5) is 5.82 Å². The van der Waals surface area contributed by atoms with Crippen molar-refractivity contribution >= 4 is 28.4 Å². The summed E-state index contributed by atoms with van der Waals surface area (Å²) in [7, 11) is 1.80. The third kappa shape index (κ3) is 2.60. The summed E-state index contributed by atoms with van der Waals surface area (Å²) >= 11 is 2.22. The Labute approximate surface area is 107 Å². The quantitative estimate of drug-likeness (QED) is 0.881. The number of aromatic nitrogens is 2. The first-order valence-corrected chi connectivity index (χ1v) is 5.79. The second kappa shape index (κ2) is 5.11. The van der Waals surface area contributed by atoms with Gasteiger partial charge < -0.3 is 10.1 Å². The van der Waals surface area contributed by atoms with E-state index in [1.807, 2.05) is 24.3 Å². The zero-order chi connectivity index (χ0) is 11.4. The highest BCUT2D eigenvalue weighted by Crippen LogP contribution is 2.25. The molecule has 82 valence electrons. The minimum Gasteiger partial charge on any atom is -0.438 e. The zero-order valence-electron chi connectivity index (χ0n) is 8.64. The van der Waals surface area contributed by atoms with Crippen LogP contribution in [0, 0.1) is 3.57 Å². The normalized spacial score (nSPS) is 9.88. The fourth-order valence-corrected chi connectivity index (χ4v) is 1.67. The van der Waals surface area contributed by atoms with Crippen LogP contribution in [0.5, 0.6) is 11.6 Å². The van der Waals surface area contributed by atoms with E-state index in [9.17, 15) is 0 Å². The molecule has 0 unspecified atom stereocenters. The van der Waals surface area contributed by atoms with Gasteiger partial charge in [0.2, 0.25) is 5.88 Å². The number of hydrogen-bond donors (Lipinski definition) is 1. The maximum atomic E-state index is 5.65. The van der Waals surface area contributed by atoms with E-state index in [0.717, 1.165) is 15.1 Å². The molecule has 2 aromatic rings. The molecule has 0 aliphatic rings. The molecule has 0 bridgehead atoms. The lowest BCUT2D eigenvalue weighted by atomic mass is 10.3. The summed E-state index contributed by atoms with van der Waals surface area (Å²) in [5.41, 5.74) is 0. The molecule has 1 aromatic heterocycles. The van der Waals surface area contributed by atoms with E-state index in [4.69, 9.17) is 4.74 Å². The third-order valence-electron chi connectivity index (χ3n) is 1.95. The maximum absolute atomic E-state index is 5.65. The highest BCUT2D eigenvalue weighted by molar-refractivity contribution is 14.1. The molecule has 1 heterocycles. The van der Waals surface area contributed by atoms with Crippen molar-refractivity contribution in [3.8, 4) is 11.6 Å². The number of para-hydroxylation sites is 1. The number of nitrogens with zero attached hydrogens (tertiary/aromatic N) is 2. The van der Waals surface area contributed by atoms with Crippen molar-refractivity contribution in [2.24, 2.45) is 0 Å². The highest BCUT2D eigenvalue weighted by atomic mass is 127. The number of nitrogens with one attached hydrogen (secondary N) is 1. The molecule has 1 N–H and O–H groups in total. The molecule has 0 radical (unpaired) electrons. The molecule has 5 heteroatoms. The van der Waals surface area contributed by atoms with Gasteiger partial charge in [0.05, 0.1) is 3.57 Å². The Morgan fingerprint density at radius 2 is 2.06 bits per heavy atom. The lowest BCUT2D eigenvalue weighted by molar-refractivity contribution is 0.459. The highest BCUT2D eigenvalue weighted by Gasteiger charge is 2.03. The summed E-state index contributed by atoms with van der Waals surface area (Å²) in [6.07, 6.45) is 1.47. The van der Waals surface area contributed by atoms with Crippen LogP contribution < -0.4 is 10.1 Å². The number of halogens is 1. The van der Waals surface area contributed by atoms with E-state index < -0.39 is 0 Å². The molecule has 0 spiro atoms. The second-order valence-corrected chi connectivity index (χ2v) is 4.19. The van der Waals surface area contributed by atoms with Gasteiger partial charge in [-0.1, -0.05) is 12.1 Å². The van der Waals surface area contributed by atoms with Gasteiger partial charge in [-0.2, -0.15) is 0 Å². The lowest BCUT2D eigenvalue weighted by Gasteiger charge is -2.07. The molecule has 16 heavy (non-hydrogen) atoms. The van der Waals surface area contributed by atoms with Crippen molar-refractivity contribution in [3.05, 3.63) is 40.2 Å². The van der Waals surface area contributed by atoms with Gasteiger partial charge >= 0.3 is 0 Å². The molecule has 0 saturated carbocycles. The fourth-order valence-electron chi connectivity index (χ4n) is 1.17. The monoisotopic (exact) mass is 327 g/mol. The van der Waals surface area contributed by atoms with E-state index in [-0.39, 0.29) is 0 Å². The van der Waals surface area contributed by atoms with E-state index in [2.05, 4.69) is 37.9 Å². The topological polar surface area (TPSA) is 47.0 Å². The summed E-state index contributed by atoms with van der Waals surface area (Å²) < 4.78 is 6.70. The Bertz CT molecular complexity index is 490. The van der Waals surface area contributed by atoms with Crippen molar-refractivity contribution in [2.45, 2.75) is 0 Å². The summed E-state index contributed by atoms with van der Waals surface area (Å²) in [6.45, 7) is 0. The number of hydrogen-bond acceptors (Lipinski definition) is 4. The molecule has 0 aliphatic heterocycles. The summed E-state index contributed by atoms with van der Waals surface area (Å²) in [4.78, 5) is 8.06. The van der Waals surface area contributed by atoms with Crippen LogP contribution >= 0.6 is 22.6 Å². The van der Waals surface area contributed by atoms with E-state index in [1.54, 1.807) is 13.1 Å². The standard InChI is InChI=1S/C11H10IN3O/c1-13-10-6-11(15-7-14-10)16-9-5-3-2-4-8(9)12/h2-7H,1H3,(H,13,14,15). The van der Waals surface area contributed by atoms with Crippen molar-refractivity contribution in [1.82, 2.24) is 9.97 Å². The van der Waals surface area contributed by atoms with Crippen LogP contribution in [0.3, 0.4) is 0 Å². The number of anilines is 1. The Morgan fingerprint density at radius 3 is 2.81 bits per heavy atom. The minimum absolute atomic E-state index is 0.531. The van der Waals surface area contributed by atoms with Gasteiger partial charge in [-0.05, 0) is 34.7 Å². The Morgan fingerprint density at radius 1 is 1.25 bits per heavy atom. The maximum Gasteiger partial charge on any atom is 0.224 e. The van der Waals surface area contributed by atoms with Crippen molar-refractivity contribution in [1.29, 1.82) is 0 Å². The number of rotatable bonds is 3. The van der Waals surface area contributed by atoms with Crippen LogP contribution in [0.25, 0.3) is 0 Å². The lowest BCUT2D eigenvalue weighted by Crippen LogP contribution is -1.95. The van der Waals surface area contributed by atoms with Gasteiger partial charge in [0.15, 0.2) is 0 Å². The SMILES string of the molecule is CNc1cc(Oc2ccccc2I)ncn1. The van der Waals surface area contributed by atoms with Gasteiger partial charge in [-0.25, -0.2) is 9.97 Å². The summed E-state index contributed by atoms with van der Waals surface area (Å²) in [5, 5.41) is 2.93. The average Bonchev–Trinajstić information content (AvgIpc) is 2.32. The van der Waals surface area contributed by atoms with Gasteiger partial charge in [0.1, 0.15) is 17.9 Å². The smallest absolute Gasteiger partial charge is 0.224 e. The van der Waals surface area contributed by atoms with Gasteiger partial charge in [0.25, 0.3) is 0 Å². The fraction of sp³-hybridized carbons (Fsp3) is 0.0909. The third-order valence-corrected chi connectivity index (χ3v) is 2.84. The molecule has 0 fully saturated rings. The Kier molecular flexibility index (Phi) is 3.55. The number of benzene rings is 1. The zero-order valence-corrected chi connectivity index (χ0v) is 10.8. The molecule has 0 amide bonds. The summed E-state index contributed by atoms with van der Waals surface area (Å²) in [5.74, 6) is 2.06. The van der Waals surface area contributed by atoms with E-state index in [0.29, 0.717) is 5.88 Å². The molecule has 0 aliphatic carbocycles. The van der Waals surface area contributed by atoms with Gasteiger partial charge in [0, 0.05) is 13.1 Å². The molecule has 4 nitrogen and oxygen atoms in total. The van der Waals surface area contributed by atoms with Crippen molar-refractivity contribution in [2.75, 3.05) is 12.4 Å². The molecule has 1 aromatic carbocycles. The van der Waals surface area contributed by atoms with Crippen LogP contribution in [0.15, 0.2) is 36.7 Å². The molecule has 0 saturated heterocycles. The van der Waals surface area contributed by atoms with Gasteiger partial charge in [-0.15, -0.1) is 0 Å². The van der Waals surface area contributed by atoms with Crippen LogP contribution in [0.1, 0.15) is 0 Å². The molecular weight excluding hydrogens is 317 g/mol. The van der Waals surface area contributed by atoms with E-state index >= 15 is 0 Å². The minimum atomic E-state index is 0.531. The largest absolute Gasteiger partial charge is 0.438 e. The predicted octanol–water partition coefficient (Wildman–Crippen LogP) is 2.92. The number of ether oxygens (including phenoxy) is 1. The van der Waals surface area contributed by atoms with Crippen LogP contribution in [-0.4, -0.2) is 17.0 Å². The second-order valence-electron chi connectivity index (χ2n) is 3.02. The first kappa shape index (κ1) is 11.1. The van der Waals surface area contributed by atoms with Crippen LogP contribution in [0.2, 0.25) is 0 Å². The molecular formula is C11H10IN3O. The molecule has 2 rings (SSSR count). The van der Waals surface area contributed by atoms with Gasteiger partial charge in [-0.3, -0.25) is 0 Å². The Hall–Kier alpha value is -1.37. The van der Waals surface area contributed by atoms with Crippen LogP contribution in [-0.2, 0) is 0 Å².